The fourth-order valence-electron chi connectivity index (χ4n) is 2.98. The van der Waals surface area contributed by atoms with Gasteiger partial charge < -0.3 is 14.5 Å². The second-order valence-corrected chi connectivity index (χ2v) is 6.61. The highest BCUT2D eigenvalue weighted by atomic mass is 16.5. The number of likely N-dealkylation sites (N-methyl/N-ethyl adjacent to an activating group) is 1. The molecule has 1 aliphatic rings. The molecular formula is C18H24N4O3. The van der Waals surface area contributed by atoms with E-state index >= 15 is 0 Å². The molecule has 0 unspecified atom stereocenters. The summed E-state index contributed by atoms with van der Waals surface area (Å²) in [6.45, 7) is 3.97. The number of hydrogen-bond acceptors (Lipinski definition) is 6. The lowest BCUT2D eigenvalue weighted by molar-refractivity contribution is -0.134. The summed E-state index contributed by atoms with van der Waals surface area (Å²) in [4.78, 5) is 20.4. The van der Waals surface area contributed by atoms with E-state index in [-0.39, 0.29) is 12.0 Å². The fourth-order valence-corrected chi connectivity index (χ4v) is 2.98. The van der Waals surface area contributed by atoms with Crippen LogP contribution in [0.1, 0.15) is 24.2 Å². The second kappa shape index (κ2) is 7.76. The van der Waals surface area contributed by atoms with Crippen LogP contribution in [0.5, 0.6) is 0 Å². The molecule has 0 radical (unpaired) electrons. The van der Waals surface area contributed by atoms with Crippen molar-refractivity contribution in [2.45, 2.75) is 32.4 Å². The average molecular weight is 344 g/mol. The summed E-state index contributed by atoms with van der Waals surface area (Å²) >= 11 is 0. The Labute approximate surface area is 147 Å². The van der Waals surface area contributed by atoms with Crippen molar-refractivity contribution in [3.05, 3.63) is 35.7 Å². The number of aliphatic hydroxyl groups excluding tert-OH is 1. The Kier molecular flexibility index (Phi) is 5.45. The van der Waals surface area contributed by atoms with Crippen LogP contribution in [-0.2, 0) is 11.3 Å². The molecule has 0 spiro atoms. The monoisotopic (exact) mass is 344 g/mol. The van der Waals surface area contributed by atoms with Gasteiger partial charge in [0.25, 0.3) is 5.89 Å². The predicted molar refractivity (Wildman–Crippen MR) is 92.6 cm³/mol. The van der Waals surface area contributed by atoms with E-state index in [0.29, 0.717) is 50.7 Å². The van der Waals surface area contributed by atoms with Crippen molar-refractivity contribution >= 4 is 5.91 Å². The van der Waals surface area contributed by atoms with Crippen LogP contribution in [0, 0.1) is 6.92 Å². The minimum Gasteiger partial charge on any atom is -0.393 e. The standard InChI is InChI=1S/C18H24N4O3/c1-13-5-3-4-6-15(13)18-19-16(20-25-18)11-21(2)12-17(24)22-9-7-14(23)8-10-22/h3-6,14,23H,7-12H2,1-2H3. The molecule has 1 N–H and O–H groups in total. The number of aromatic nitrogens is 2. The maximum absolute atomic E-state index is 12.3. The van der Waals surface area contributed by atoms with Gasteiger partial charge in [-0.3, -0.25) is 9.69 Å². The molecule has 0 atom stereocenters. The molecule has 0 bridgehead atoms. The first-order chi connectivity index (χ1) is 12.0. The van der Waals surface area contributed by atoms with E-state index in [0.717, 1.165) is 11.1 Å². The average Bonchev–Trinajstić information content (AvgIpc) is 3.03. The van der Waals surface area contributed by atoms with E-state index < -0.39 is 0 Å². The van der Waals surface area contributed by atoms with Gasteiger partial charge in [-0.15, -0.1) is 0 Å². The third-order valence-electron chi connectivity index (χ3n) is 4.48. The van der Waals surface area contributed by atoms with Gasteiger partial charge in [0.1, 0.15) is 0 Å². The molecule has 3 rings (SSSR count). The molecule has 2 heterocycles. The fraction of sp³-hybridized carbons (Fsp3) is 0.500. The van der Waals surface area contributed by atoms with Crippen molar-refractivity contribution in [2.75, 3.05) is 26.7 Å². The van der Waals surface area contributed by atoms with Crippen LogP contribution in [0.25, 0.3) is 11.5 Å². The molecule has 1 saturated heterocycles. The zero-order chi connectivity index (χ0) is 17.8. The number of aliphatic hydroxyl groups is 1. The Morgan fingerprint density at radius 2 is 2.08 bits per heavy atom. The highest BCUT2D eigenvalue weighted by Gasteiger charge is 2.22. The molecule has 7 heteroatoms. The molecule has 1 aromatic heterocycles. The molecule has 1 aliphatic heterocycles. The van der Waals surface area contributed by atoms with Gasteiger partial charge in [-0.05, 0) is 38.4 Å². The quantitative estimate of drug-likeness (QED) is 0.884. The number of benzene rings is 1. The van der Waals surface area contributed by atoms with Gasteiger partial charge in [0, 0.05) is 18.7 Å². The number of amides is 1. The van der Waals surface area contributed by atoms with Gasteiger partial charge in [-0.2, -0.15) is 4.98 Å². The van der Waals surface area contributed by atoms with Gasteiger partial charge in [0.15, 0.2) is 5.82 Å². The van der Waals surface area contributed by atoms with Crippen LogP contribution in [-0.4, -0.2) is 63.7 Å². The van der Waals surface area contributed by atoms with Crippen molar-refractivity contribution < 1.29 is 14.4 Å². The first kappa shape index (κ1) is 17.6. The minimum atomic E-state index is -0.277. The van der Waals surface area contributed by atoms with Crippen molar-refractivity contribution in [1.29, 1.82) is 0 Å². The van der Waals surface area contributed by atoms with Crippen LogP contribution in [0.3, 0.4) is 0 Å². The van der Waals surface area contributed by atoms with Crippen molar-refractivity contribution in [1.82, 2.24) is 19.9 Å². The molecule has 7 nitrogen and oxygen atoms in total. The van der Waals surface area contributed by atoms with E-state index in [2.05, 4.69) is 10.1 Å². The number of hydrogen-bond donors (Lipinski definition) is 1. The Bertz CT molecular complexity index is 723. The van der Waals surface area contributed by atoms with Crippen LogP contribution in [0.2, 0.25) is 0 Å². The number of piperidine rings is 1. The van der Waals surface area contributed by atoms with Crippen molar-refractivity contribution in [2.24, 2.45) is 0 Å². The molecule has 25 heavy (non-hydrogen) atoms. The van der Waals surface area contributed by atoms with Gasteiger partial charge in [0.2, 0.25) is 5.91 Å². The highest BCUT2D eigenvalue weighted by molar-refractivity contribution is 5.78. The summed E-state index contributed by atoms with van der Waals surface area (Å²) in [6, 6.07) is 7.85. The molecule has 1 amide bonds. The summed E-state index contributed by atoms with van der Waals surface area (Å²) < 4.78 is 5.35. The summed E-state index contributed by atoms with van der Waals surface area (Å²) in [6.07, 6.45) is 1.03. The number of likely N-dealkylation sites (tertiary alicyclic amines) is 1. The number of nitrogens with zero attached hydrogens (tertiary/aromatic N) is 4. The van der Waals surface area contributed by atoms with Gasteiger partial charge in [0.05, 0.1) is 19.2 Å². The highest BCUT2D eigenvalue weighted by Crippen LogP contribution is 2.21. The molecule has 2 aromatic rings. The molecule has 134 valence electrons. The topological polar surface area (TPSA) is 82.7 Å². The Morgan fingerprint density at radius 1 is 1.36 bits per heavy atom. The lowest BCUT2D eigenvalue weighted by atomic mass is 10.1. The largest absolute Gasteiger partial charge is 0.393 e. The summed E-state index contributed by atoms with van der Waals surface area (Å²) in [5.41, 5.74) is 2.00. The third-order valence-corrected chi connectivity index (χ3v) is 4.48. The number of aryl methyl sites for hydroxylation is 1. The zero-order valence-electron chi connectivity index (χ0n) is 14.7. The van der Waals surface area contributed by atoms with Crippen molar-refractivity contribution in [3.63, 3.8) is 0 Å². The Hall–Kier alpha value is -2.25. The van der Waals surface area contributed by atoms with E-state index in [1.54, 1.807) is 4.90 Å². The number of rotatable bonds is 5. The van der Waals surface area contributed by atoms with E-state index in [4.69, 9.17) is 4.52 Å². The predicted octanol–water partition coefficient (Wildman–Crippen LogP) is 1.46. The summed E-state index contributed by atoms with van der Waals surface area (Å²) in [7, 11) is 1.86. The second-order valence-electron chi connectivity index (χ2n) is 6.61. The lowest BCUT2D eigenvalue weighted by Crippen LogP contribution is -2.44. The van der Waals surface area contributed by atoms with Crippen molar-refractivity contribution in [3.8, 4) is 11.5 Å². The van der Waals surface area contributed by atoms with E-state index in [1.165, 1.54) is 0 Å². The Morgan fingerprint density at radius 3 is 2.80 bits per heavy atom. The van der Waals surface area contributed by atoms with Crippen LogP contribution in [0.15, 0.2) is 28.8 Å². The Balaban J connectivity index is 1.56. The number of carbonyl (C=O) groups is 1. The molecule has 0 saturated carbocycles. The van der Waals surface area contributed by atoms with Crippen LogP contribution >= 0.6 is 0 Å². The first-order valence-electron chi connectivity index (χ1n) is 8.56. The third kappa shape index (κ3) is 4.43. The molecule has 1 fully saturated rings. The molecule has 1 aromatic carbocycles. The SMILES string of the molecule is Cc1ccccc1-c1nc(CN(C)CC(=O)N2CCC(O)CC2)no1. The van der Waals surface area contributed by atoms with Gasteiger partial charge >= 0.3 is 0 Å². The lowest BCUT2D eigenvalue weighted by Gasteiger charge is -2.30. The van der Waals surface area contributed by atoms with E-state index in [9.17, 15) is 9.90 Å². The van der Waals surface area contributed by atoms with Crippen LogP contribution in [0.4, 0.5) is 0 Å². The van der Waals surface area contributed by atoms with Gasteiger partial charge in [-0.1, -0.05) is 23.4 Å². The summed E-state index contributed by atoms with van der Waals surface area (Å²) in [5, 5.41) is 13.5. The smallest absolute Gasteiger partial charge is 0.258 e. The normalized spacial score (nSPS) is 15.8. The zero-order valence-corrected chi connectivity index (χ0v) is 14.7. The van der Waals surface area contributed by atoms with Gasteiger partial charge in [-0.25, -0.2) is 0 Å². The first-order valence-corrected chi connectivity index (χ1v) is 8.56. The minimum absolute atomic E-state index is 0.0667. The molecule has 0 aliphatic carbocycles. The summed E-state index contributed by atoms with van der Waals surface area (Å²) in [5.74, 6) is 1.12. The van der Waals surface area contributed by atoms with E-state index in [1.807, 2.05) is 43.1 Å². The maximum Gasteiger partial charge on any atom is 0.258 e. The maximum atomic E-state index is 12.3. The van der Waals surface area contributed by atoms with Crippen LogP contribution < -0.4 is 0 Å². The molecular weight excluding hydrogens is 320 g/mol. The number of carbonyl (C=O) groups excluding carboxylic acids is 1.